The Morgan fingerprint density at radius 3 is 2.08 bits per heavy atom. The average molecular weight is 567 g/mol. The lowest BCUT2D eigenvalue weighted by atomic mass is 9.96. The van der Waals surface area contributed by atoms with Crippen LogP contribution in [0.5, 0.6) is 0 Å². The number of pyridine rings is 1. The fraction of sp³-hybridized carbons (Fsp3) is 0.308. The summed E-state index contributed by atoms with van der Waals surface area (Å²) in [6, 6.07) is 10.5. The number of carboxylic acid groups (broad SMARTS) is 1. The number of carboxylic acids is 1. The maximum absolute atomic E-state index is 13.8. The summed E-state index contributed by atoms with van der Waals surface area (Å²) in [5.41, 5.74) is 0.378. The first-order valence-electron chi connectivity index (χ1n) is 11.6. The van der Waals surface area contributed by atoms with Crippen molar-refractivity contribution in [2.75, 3.05) is 20.2 Å². The summed E-state index contributed by atoms with van der Waals surface area (Å²) >= 11 is 12.3. The van der Waals surface area contributed by atoms with Gasteiger partial charge in [0, 0.05) is 32.3 Å². The van der Waals surface area contributed by atoms with Crippen molar-refractivity contribution in [3.8, 4) is 22.4 Å². The highest BCUT2D eigenvalue weighted by Gasteiger charge is 2.28. The zero-order valence-electron chi connectivity index (χ0n) is 20.9. The number of halogens is 2. The van der Waals surface area contributed by atoms with E-state index in [2.05, 4.69) is 0 Å². The number of aromatic carboxylic acids is 1. The van der Waals surface area contributed by atoms with Gasteiger partial charge in [-0.2, -0.15) is 4.31 Å². The van der Waals surface area contributed by atoms with E-state index >= 15 is 0 Å². The average Bonchev–Trinajstić information content (AvgIpc) is 2.86. The Balaban J connectivity index is 2.36. The molecule has 198 valence electrons. The molecule has 0 amide bonds. The van der Waals surface area contributed by atoms with Crippen LogP contribution in [0.4, 0.5) is 0 Å². The Kier molecular flexibility index (Phi) is 9.20. The number of benzene rings is 2. The molecule has 0 unspecified atom stereocenters. The zero-order valence-corrected chi connectivity index (χ0v) is 23.2. The van der Waals surface area contributed by atoms with Crippen LogP contribution in [0.2, 0.25) is 10.0 Å². The largest absolute Gasteiger partial charge is 0.477 e. The molecule has 0 aliphatic heterocycles. The van der Waals surface area contributed by atoms with E-state index in [9.17, 15) is 23.1 Å². The van der Waals surface area contributed by atoms with Crippen LogP contribution in [-0.4, -0.2) is 48.6 Å². The number of aromatic nitrogens is 1. The van der Waals surface area contributed by atoms with Gasteiger partial charge in [-0.15, -0.1) is 0 Å². The number of ether oxygens (including phenoxy) is 1. The van der Waals surface area contributed by atoms with Gasteiger partial charge >= 0.3 is 5.97 Å². The summed E-state index contributed by atoms with van der Waals surface area (Å²) in [6.45, 7) is 6.28. The summed E-state index contributed by atoms with van der Waals surface area (Å²) in [5, 5.41) is 10.6. The molecule has 0 aliphatic rings. The SMILES string of the molecule is CCN(CC)S(=O)(=O)c1ccc(-c2c(COC)n(CC)c(-c3ccc(Cl)c(Cl)c3)c(C(=O)O)c2=O)cc1. The molecule has 0 radical (unpaired) electrons. The van der Waals surface area contributed by atoms with Crippen LogP contribution >= 0.6 is 23.2 Å². The topological polar surface area (TPSA) is 106 Å². The molecule has 0 bridgehead atoms. The first-order valence-corrected chi connectivity index (χ1v) is 13.8. The van der Waals surface area contributed by atoms with Gasteiger partial charge in [-0.3, -0.25) is 4.79 Å². The number of methoxy groups -OCH3 is 1. The lowest BCUT2D eigenvalue weighted by Crippen LogP contribution is -2.30. The normalized spacial score (nSPS) is 11.8. The number of hydrogen-bond acceptors (Lipinski definition) is 5. The van der Waals surface area contributed by atoms with Gasteiger partial charge in [0.05, 0.1) is 38.5 Å². The minimum Gasteiger partial charge on any atom is -0.477 e. The van der Waals surface area contributed by atoms with Crippen LogP contribution in [0.1, 0.15) is 36.8 Å². The van der Waals surface area contributed by atoms with E-state index in [0.717, 1.165) is 0 Å². The quantitative estimate of drug-likeness (QED) is 0.353. The predicted octanol–water partition coefficient (Wildman–Crippen LogP) is 5.38. The van der Waals surface area contributed by atoms with E-state index in [1.54, 1.807) is 24.5 Å². The van der Waals surface area contributed by atoms with Crippen LogP contribution in [0.25, 0.3) is 22.4 Å². The van der Waals surface area contributed by atoms with Crippen molar-refractivity contribution >= 4 is 39.2 Å². The summed E-state index contributed by atoms with van der Waals surface area (Å²) in [5.74, 6) is -1.40. The third-order valence-corrected chi connectivity index (χ3v) is 8.87. The lowest BCUT2D eigenvalue weighted by Gasteiger charge is -2.23. The number of carbonyl (C=O) groups is 1. The highest BCUT2D eigenvalue weighted by Crippen LogP contribution is 2.34. The molecule has 37 heavy (non-hydrogen) atoms. The molecular formula is C26H28Cl2N2O6S. The molecule has 8 nitrogen and oxygen atoms in total. The van der Waals surface area contributed by atoms with Gasteiger partial charge in [0.25, 0.3) is 0 Å². The Bertz CT molecular complexity index is 1480. The molecule has 3 aromatic rings. The van der Waals surface area contributed by atoms with E-state index in [4.69, 9.17) is 27.9 Å². The smallest absolute Gasteiger partial charge is 0.341 e. The minimum atomic E-state index is -3.71. The van der Waals surface area contributed by atoms with Crippen molar-refractivity contribution in [2.45, 2.75) is 38.8 Å². The van der Waals surface area contributed by atoms with Gasteiger partial charge in [-0.1, -0.05) is 55.2 Å². The standard InChI is InChI=1S/C26H28Cl2N2O6S/c1-5-29(6-2)37(34,35)18-11-8-16(9-12-18)22-21(15-36-4)30(7-3)24(23(25(22)31)26(32)33)17-10-13-19(27)20(28)14-17/h8-14H,5-7,15H2,1-4H3,(H,32,33). The molecule has 0 aliphatic carbocycles. The molecule has 3 rings (SSSR count). The fourth-order valence-electron chi connectivity index (χ4n) is 4.35. The van der Waals surface area contributed by atoms with Crippen molar-refractivity contribution in [3.05, 3.63) is 74.0 Å². The second-order valence-electron chi connectivity index (χ2n) is 8.10. The Morgan fingerprint density at radius 2 is 1.59 bits per heavy atom. The summed E-state index contributed by atoms with van der Waals surface area (Å²) in [6.07, 6.45) is 0. The van der Waals surface area contributed by atoms with Crippen LogP contribution in [0, 0.1) is 0 Å². The minimum absolute atomic E-state index is 0.00608. The summed E-state index contributed by atoms with van der Waals surface area (Å²) in [7, 11) is -2.24. The number of nitrogens with zero attached hydrogens (tertiary/aromatic N) is 2. The van der Waals surface area contributed by atoms with E-state index in [1.165, 1.54) is 47.8 Å². The van der Waals surface area contributed by atoms with Crippen molar-refractivity contribution in [1.82, 2.24) is 8.87 Å². The number of rotatable bonds is 10. The first-order chi connectivity index (χ1) is 17.5. The maximum atomic E-state index is 13.8. The van der Waals surface area contributed by atoms with Crippen molar-refractivity contribution in [2.24, 2.45) is 0 Å². The molecule has 11 heteroatoms. The first kappa shape index (κ1) is 28.9. The molecule has 2 aromatic carbocycles. The predicted molar refractivity (Wildman–Crippen MR) is 145 cm³/mol. The number of hydrogen-bond donors (Lipinski definition) is 1. The van der Waals surface area contributed by atoms with E-state index in [0.29, 0.717) is 41.5 Å². The van der Waals surface area contributed by atoms with Gasteiger partial charge in [-0.25, -0.2) is 13.2 Å². The molecule has 1 heterocycles. The van der Waals surface area contributed by atoms with Gasteiger partial charge in [0.2, 0.25) is 15.5 Å². The van der Waals surface area contributed by atoms with Crippen molar-refractivity contribution < 1.29 is 23.1 Å². The second-order valence-corrected chi connectivity index (χ2v) is 10.9. The van der Waals surface area contributed by atoms with Crippen LogP contribution < -0.4 is 5.43 Å². The third-order valence-electron chi connectivity index (χ3n) is 6.07. The molecule has 1 N–H and O–H groups in total. The molecule has 0 saturated heterocycles. The highest BCUT2D eigenvalue weighted by molar-refractivity contribution is 7.89. The lowest BCUT2D eigenvalue weighted by molar-refractivity contribution is 0.0695. The van der Waals surface area contributed by atoms with Crippen LogP contribution in [-0.2, 0) is 27.9 Å². The van der Waals surface area contributed by atoms with Crippen molar-refractivity contribution in [1.29, 1.82) is 0 Å². The van der Waals surface area contributed by atoms with E-state index in [1.807, 2.05) is 6.92 Å². The summed E-state index contributed by atoms with van der Waals surface area (Å²) in [4.78, 5) is 26.3. The van der Waals surface area contributed by atoms with Gasteiger partial charge in [0.1, 0.15) is 5.56 Å². The second kappa shape index (κ2) is 11.8. The van der Waals surface area contributed by atoms with E-state index in [-0.39, 0.29) is 27.8 Å². The molecule has 0 atom stereocenters. The molecule has 0 spiro atoms. The molecule has 0 fully saturated rings. The fourth-order valence-corrected chi connectivity index (χ4v) is 6.11. The van der Waals surface area contributed by atoms with Gasteiger partial charge in [0.15, 0.2) is 0 Å². The van der Waals surface area contributed by atoms with Crippen LogP contribution in [0.3, 0.4) is 0 Å². The Morgan fingerprint density at radius 1 is 1.00 bits per heavy atom. The monoisotopic (exact) mass is 566 g/mol. The Labute approximate surface area is 226 Å². The third kappa shape index (κ3) is 5.46. The molecular weight excluding hydrogens is 539 g/mol. The molecule has 0 saturated carbocycles. The van der Waals surface area contributed by atoms with Gasteiger partial charge in [-0.05, 0) is 36.8 Å². The molecule has 1 aromatic heterocycles. The van der Waals surface area contributed by atoms with Crippen LogP contribution in [0.15, 0.2) is 52.2 Å². The summed E-state index contributed by atoms with van der Waals surface area (Å²) < 4.78 is 34.3. The van der Waals surface area contributed by atoms with Gasteiger partial charge < -0.3 is 14.4 Å². The highest BCUT2D eigenvalue weighted by atomic mass is 35.5. The maximum Gasteiger partial charge on any atom is 0.341 e. The number of sulfonamides is 1. The van der Waals surface area contributed by atoms with Crippen molar-refractivity contribution in [3.63, 3.8) is 0 Å². The zero-order chi connectivity index (χ0) is 27.5. The van der Waals surface area contributed by atoms with E-state index < -0.39 is 27.0 Å². The Hall–Kier alpha value is -2.69.